The lowest BCUT2D eigenvalue weighted by Gasteiger charge is -2.28. The van der Waals surface area contributed by atoms with E-state index < -0.39 is 34.1 Å². The molecule has 22 aromatic carbocycles. The molecule has 26 rings (SSSR count). The van der Waals surface area contributed by atoms with Gasteiger partial charge in [-0.15, -0.1) is 0 Å². The standard InChI is InChI=1S/C91H58N4.C25H18.C19H10F3N/c92-59-80-89(93-81-47-41-68(60-25-9-1-10-26-60)53-74(81)75-54-69(42-48-82(75)93)61-27-11-2-12-28-61)87(66-37-21-7-22-38-66)91(95-85-51-45-72(64-33-17-5-18-34-64)57-78(85)79-58-73(46-52-86(79)95)65-35-19-6-20-36-65)88(67-39-23-8-24-40-67)90(80)94-83-49-43-70(62-29-13-3-14-30-62)55-76(83)77-56-71(44-50-84(77)94)63-31-15-4-16-32-63;1-3-7-18(8-4-1)20-11-13-22-15-23-14-12-21(17-25(23)24(22)16-20)19-9-5-2-6-10-19;20-17-14(11-23)18(21)16(13-9-5-2-6-10-13)19(22)15(17)12-7-3-1-4-8-12/h1-58H;1-14,16-17H,15H2;1-10H. The highest BCUT2D eigenvalue weighted by Gasteiger charge is 2.36. The quantitative estimate of drug-likeness (QED) is 0.103. The van der Waals surface area contributed by atoms with Gasteiger partial charge in [0.2, 0.25) is 0 Å². The smallest absolute Gasteiger partial charge is 0.154 e. The van der Waals surface area contributed by atoms with Crippen LogP contribution in [0.4, 0.5) is 13.2 Å². The van der Waals surface area contributed by atoms with Gasteiger partial charge >= 0.3 is 0 Å². The maximum absolute atomic E-state index is 14.9. The van der Waals surface area contributed by atoms with Crippen molar-refractivity contribution in [3.63, 3.8) is 0 Å². The first kappa shape index (κ1) is 86.8. The van der Waals surface area contributed by atoms with Crippen LogP contribution in [0.3, 0.4) is 0 Å². The maximum Gasteiger partial charge on any atom is 0.154 e. The summed E-state index contributed by atoms with van der Waals surface area (Å²) in [5, 5.41) is 28.8. The summed E-state index contributed by atoms with van der Waals surface area (Å²) in [6.45, 7) is 0. The number of fused-ring (bicyclic) bond motifs is 12. The second-order valence-electron chi connectivity index (χ2n) is 36.2. The van der Waals surface area contributed by atoms with Crippen molar-refractivity contribution in [3.8, 4) is 174 Å². The molecule has 143 heavy (non-hydrogen) atoms. The predicted octanol–water partition coefficient (Wildman–Crippen LogP) is 36.1. The van der Waals surface area contributed by atoms with E-state index in [1.54, 1.807) is 36.4 Å². The minimum absolute atomic E-state index is 0.246. The molecule has 0 radical (unpaired) electrons. The van der Waals surface area contributed by atoms with E-state index in [-0.39, 0.29) is 11.1 Å². The van der Waals surface area contributed by atoms with Crippen LogP contribution in [0, 0.1) is 40.1 Å². The van der Waals surface area contributed by atoms with Crippen molar-refractivity contribution in [2.75, 3.05) is 0 Å². The number of halogens is 3. The van der Waals surface area contributed by atoms with Gasteiger partial charge in [0.25, 0.3) is 0 Å². The summed E-state index contributed by atoms with van der Waals surface area (Å²) in [5.74, 6) is -3.39. The third kappa shape index (κ3) is 15.9. The highest BCUT2D eigenvalue weighted by atomic mass is 19.1. The molecule has 5 nitrogen and oxygen atoms in total. The zero-order valence-electron chi connectivity index (χ0n) is 77.6. The Morgan fingerprint density at radius 2 is 0.350 bits per heavy atom. The fourth-order valence-electron chi connectivity index (χ4n) is 21.2. The van der Waals surface area contributed by atoms with E-state index >= 15 is 0 Å². The van der Waals surface area contributed by atoms with Crippen LogP contribution in [0.25, 0.3) is 227 Å². The number of hydrogen-bond acceptors (Lipinski definition) is 2. The molecule has 0 spiro atoms. The Morgan fingerprint density at radius 3 is 0.559 bits per heavy atom. The van der Waals surface area contributed by atoms with Gasteiger partial charge in [-0.25, -0.2) is 13.2 Å². The lowest BCUT2D eigenvalue weighted by Crippen LogP contribution is -2.13. The first-order chi connectivity index (χ1) is 70.6. The molecule has 3 heterocycles. The third-order valence-corrected chi connectivity index (χ3v) is 27.9. The zero-order chi connectivity index (χ0) is 96.0. The molecule has 1 aliphatic rings. The van der Waals surface area contributed by atoms with Crippen LogP contribution in [0.2, 0.25) is 0 Å². The molecule has 0 saturated heterocycles. The molecular weight excluding hydrogens is 1750 g/mol. The van der Waals surface area contributed by atoms with E-state index in [1.807, 2.05) is 0 Å². The molecule has 0 unspecified atom stereocenters. The monoisotopic (exact) mass is 1830 g/mol. The van der Waals surface area contributed by atoms with Crippen LogP contribution in [0.1, 0.15) is 22.3 Å². The summed E-state index contributed by atoms with van der Waals surface area (Å²) in [5.41, 5.74) is 35.9. The van der Waals surface area contributed by atoms with E-state index in [2.05, 4.69) is 469 Å². The normalized spacial score (nSPS) is 11.4. The van der Waals surface area contributed by atoms with Crippen molar-refractivity contribution in [1.82, 2.24) is 13.7 Å². The molecule has 1 aliphatic carbocycles. The largest absolute Gasteiger partial charge is 0.308 e. The molecule has 0 amide bonds. The van der Waals surface area contributed by atoms with E-state index in [9.17, 15) is 18.4 Å². The van der Waals surface area contributed by atoms with Crippen molar-refractivity contribution in [2.24, 2.45) is 0 Å². The summed E-state index contributed by atoms with van der Waals surface area (Å²) in [6, 6.07) is 183. The Labute approximate surface area is 826 Å². The molecule has 0 bridgehead atoms. The Morgan fingerprint density at radius 1 is 0.168 bits per heavy atom. The molecule has 0 saturated carbocycles. The second-order valence-corrected chi connectivity index (χ2v) is 36.2. The number of nitriles is 2. The molecular formula is C135H86F3N5. The molecule has 8 heteroatoms. The van der Waals surface area contributed by atoms with Crippen LogP contribution in [0.5, 0.6) is 0 Å². The Bertz CT molecular complexity index is 8560. The highest BCUT2D eigenvalue weighted by Crippen LogP contribution is 2.55. The van der Waals surface area contributed by atoms with E-state index in [1.165, 1.54) is 74.8 Å². The first-order valence-electron chi connectivity index (χ1n) is 48.1. The van der Waals surface area contributed by atoms with Crippen LogP contribution in [-0.4, -0.2) is 13.7 Å². The van der Waals surface area contributed by atoms with Gasteiger partial charge < -0.3 is 13.7 Å². The minimum atomic E-state index is -1.19. The molecule has 3 aromatic heterocycles. The van der Waals surface area contributed by atoms with Crippen molar-refractivity contribution < 1.29 is 13.2 Å². The number of benzene rings is 22. The van der Waals surface area contributed by atoms with Gasteiger partial charge in [0, 0.05) is 43.4 Å². The maximum atomic E-state index is 14.9. The number of aromatic nitrogens is 3. The van der Waals surface area contributed by atoms with Crippen LogP contribution >= 0.6 is 0 Å². The average molecular weight is 1840 g/mol. The fraction of sp³-hybridized carbons (Fsp3) is 0.00741. The van der Waals surface area contributed by atoms with Crippen LogP contribution in [-0.2, 0) is 6.42 Å². The molecule has 25 aromatic rings. The topological polar surface area (TPSA) is 62.4 Å². The summed E-state index contributed by atoms with van der Waals surface area (Å²) in [7, 11) is 0. The zero-order valence-corrected chi connectivity index (χ0v) is 77.6. The van der Waals surface area contributed by atoms with Crippen molar-refractivity contribution >= 4 is 65.4 Å². The molecule has 672 valence electrons. The number of hydrogen-bond donors (Lipinski definition) is 0. The Balaban J connectivity index is 0.000000185. The second kappa shape index (κ2) is 37.5. The number of rotatable bonds is 15. The summed E-state index contributed by atoms with van der Waals surface area (Å²) >= 11 is 0. The first-order valence-corrected chi connectivity index (χ1v) is 48.1. The molecule has 0 N–H and O–H groups in total. The van der Waals surface area contributed by atoms with Gasteiger partial charge in [0.05, 0.1) is 61.3 Å². The van der Waals surface area contributed by atoms with E-state index in [4.69, 9.17) is 5.26 Å². The van der Waals surface area contributed by atoms with Crippen molar-refractivity contribution in [1.29, 1.82) is 10.5 Å². The molecule has 0 fully saturated rings. The predicted molar refractivity (Wildman–Crippen MR) is 585 cm³/mol. The lowest BCUT2D eigenvalue weighted by atomic mass is 9.88. The SMILES string of the molecule is N#Cc1c(-n2c3ccc(-c4ccccc4)cc3c3cc(-c4ccccc4)ccc32)c(-c2ccccc2)c(-n2c3ccc(-c4ccccc4)cc3c3cc(-c4ccccc4)ccc32)c(-c2ccccc2)c1-n1c2ccc(-c3ccccc3)cc2c2cc(-c3ccccc3)ccc21.N#Cc1c(F)c(-c2ccccc2)c(F)c(-c2ccccc2)c1F.c1ccc(-c2ccc3c(c2)-c2cc(-c4ccccc4)ccc2C3)cc1. The van der Waals surface area contributed by atoms with Crippen LogP contribution < -0.4 is 0 Å². The average Bonchev–Trinajstić information content (AvgIpc) is 1.56. The van der Waals surface area contributed by atoms with Gasteiger partial charge in [-0.05, 0) is 225 Å². The fourth-order valence-corrected chi connectivity index (χ4v) is 21.2. The van der Waals surface area contributed by atoms with Gasteiger partial charge in [0.1, 0.15) is 29.1 Å². The summed E-state index contributed by atoms with van der Waals surface area (Å²) in [4.78, 5) is 0. The third-order valence-electron chi connectivity index (χ3n) is 27.9. The molecule has 0 atom stereocenters. The van der Waals surface area contributed by atoms with Gasteiger partial charge in [-0.1, -0.05) is 425 Å². The van der Waals surface area contributed by atoms with Gasteiger partial charge in [-0.2, -0.15) is 10.5 Å². The van der Waals surface area contributed by atoms with Gasteiger partial charge in [0.15, 0.2) is 11.6 Å². The Hall–Kier alpha value is -19.0. The highest BCUT2D eigenvalue weighted by molar-refractivity contribution is 6.19. The van der Waals surface area contributed by atoms with Crippen molar-refractivity contribution in [3.05, 3.63) is 549 Å². The van der Waals surface area contributed by atoms with E-state index in [0.717, 1.165) is 178 Å². The van der Waals surface area contributed by atoms with Crippen LogP contribution in [0.15, 0.2) is 510 Å². The van der Waals surface area contributed by atoms with Crippen molar-refractivity contribution in [2.45, 2.75) is 6.42 Å². The number of nitrogens with zero attached hydrogens (tertiary/aromatic N) is 5. The molecule has 0 aliphatic heterocycles. The summed E-state index contributed by atoms with van der Waals surface area (Å²) in [6.07, 6.45) is 1.04. The Kier molecular flexibility index (Phi) is 22.8. The van der Waals surface area contributed by atoms with E-state index in [0.29, 0.717) is 5.56 Å². The lowest BCUT2D eigenvalue weighted by molar-refractivity contribution is 0.548. The van der Waals surface area contributed by atoms with Gasteiger partial charge in [-0.3, -0.25) is 0 Å². The summed E-state index contributed by atoms with van der Waals surface area (Å²) < 4.78 is 51.2. The minimum Gasteiger partial charge on any atom is -0.308 e.